The Hall–Kier alpha value is -2.73. The van der Waals surface area contributed by atoms with Crippen molar-refractivity contribution < 1.29 is 27.8 Å². The number of methoxy groups -OCH3 is 1. The van der Waals surface area contributed by atoms with Crippen molar-refractivity contribution in [3.63, 3.8) is 0 Å². The number of benzene rings is 2. The number of carbonyl (C=O) groups is 2. The Kier molecular flexibility index (Phi) is 6.69. The van der Waals surface area contributed by atoms with E-state index in [1.807, 2.05) is 0 Å². The predicted molar refractivity (Wildman–Crippen MR) is 97.3 cm³/mol. The second-order valence-electron chi connectivity index (χ2n) is 5.56. The van der Waals surface area contributed by atoms with Gasteiger partial charge >= 0.3 is 5.97 Å². The number of hydrogen-bond donors (Lipinski definition) is 0. The van der Waals surface area contributed by atoms with E-state index in [0.29, 0.717) is 5.56 Å². The summed E-state index contributed by atoms with van der Waals surface area (Å²) in [6.45, 7) is 4.99. The highest BCUT2D eigenvalue weighted by atomic mass is 35.5. The molecule has 0 aliphatic heterocycles. The zero-order valence-corrected chi connectivity index (χ0v) is 15.5. The van der Waals surface area contributed by atoms with Gasteiger partial charge in [0.1, 0.15) is 23.0 Å². The molecule has 0 saturated carbocycles. The van der Waals surface area contributed by atoms with E-state index in [2.05, 4.69) is 6.58 Å². The molecule has 142 valence electrons. The summed E-state index contributed by atoms with van der Waals surface area (Å²) in [5.41, 5.74) is -0.290. The van der Waals surface area contributed by atoms with Crippen LogP contribution < -0.4 is 4.74 Å². The first-order valence-electron chi connectivity index (χ1n) is 8.00. The number of ketones is 1. The molecular weight excluding hydrogens is 378 g/mol. The van der Waals surface area contributed by atoms with E-state index in [4.69, 9.17) is 21.1 Å². The van der Waals surface area contributed by atoms with E-state index >= 15 is 0 Å². The Morgan fingerprint density at radius 3 is 2.52 bits per heavy atom. The van der Waals surface area contributed by atoms with Gasteiger partial charge in [0.25, 0.3) is 0 Å². The van der Waals surface area contributed by atoms with E-state index < -0.39 is 29.0 Å². The van der Waals surface area contributed by atoms with Gasteiger partial charge in [-0.2, -0.15) is 0 Å². The molecule has 0 bridgehead atoms. The topological polar surface area (TPSA) is 52.6 Å². The third kappa shape index (κ3) is 4.52. The van der Waals surface area contributed by atoms with Gasteiger partial charge in [-0.25, -0.2) is 13.6 Å². The Balaban J connectivity index is 2.45. The van der Waals surface area contributed by atoms with Crippen LogP contribution in [0.25, 0.3) is 0 Å². The van der Waals surface area contributed by atoms with Crippen LogP contribution in [0.15, 0.2) is 42.5 Å². The minimum Gasteiger partial charge on any atom is -0.496 e. The van der Waals surface area contributed by atoms with Crippen LogP contribution in [-0.4, -0.2) is 25.5 Å². The maximum Gasteiger partial charge on any atom is 0.341 e. The van der Waals surface area contributed by atoms with Crippen LogP contribution in [0, 0.1) is 11.6 Å². The van der Waals surface area contributed by atoms with Crippen LogP contribution in [0.3, 0.4) is 0 Å². The highest BCUT2D eigenvalue weighted by Crippen LogP contribution is 2.29. The highest BCUT2D eigenvalue weighted by Gasteiger charge is 2.24. The molecule has 0 aliphatic rings. The summed E-state index contributed by atoms with van der Waals surface area (Å²) < 4.78 is 38.4. The Bertz CT molecular complexity index is 909. The summed E-state index contributed by atoms with van der Waals surface area (Å²) in [4.78, 5) is 24.1. The lowest BCUT2D eigenvalue weighted by Crippen LogP contribution is -2.16. The van der Waals surface area contributed by atoms with E-state index in [1.165, 1.54) is 25.3 Å². The monoisotopic (exact) mass is 394 g/mol. The standard InChI is InChI=1S/C20H17ClF2O4/c1-4-27-20(25)11(2)19(24)14-9-13(17(26-3)10-16(14)22)8-12-6-5-7-15(21)18(12)23/h5-7,9-10H,2,4,8H2,1,3H3. The van der Waals surface area contributed by atoms with Crippen LogP contribution in [0.1, 0.15) is 28.4 Å². The maximum atomic E-state index is 14.4. The molecule has 0 atom stereocenters. The fourth-order valence-corrected chi connectivity index (χ4v) is 2.66. The molecule has 2 aromatic carbocycles. The Morgan fingerprint density at radius 1 is 1.19 bits per heavy atom. The molecule has 4 nitrogen and oxygen atoms in total. The second kappa shape index (κ2) is 8.77. The lowest BCUT2D eigenvalue weighted by molar-refractivity contribution is -0.138. The Morgan fingerprint density at radius 2 is 1.89 bits per heavy atom. The van der Waals surface area contributed by atoms with E-state index in [0.717, 1.165) is 6.07 Å². The first kappa shape index (κ1) is 20.6. The van der Waals surface area contributed by atoms with Crippen molar-refractivity contribution in [2.75, 3.05) is 13.7 Å². The summed E-state index contributed by atoms with van der Waals surface area (Å²) in [6, 6.07) is 6.71. The number of hydrogen-bond acceptors (Lipinski definition) is 4. The van der Waals surface area contributed by atoms with Gasteiger partial charge in [0.2, 0.25) is 5.78 Å². The number of ether oxygens (including phenoxy) is 2. The summed E-state index contributed by atoms with van der Waals surface area (Å²) >= 11 is 5.78. The molecule has 27 heavy (non-hydrogen) atoms. The molecule has 0 heterocycles. The number of Topliss-reactive ketones (excluding diaryl/α,β-unsaturated/α-hetero) is 1. The van der Waals surface area contributed by atoms with Crippen molar-refractivity contribution in [2.45, 2.75) is 13.3 Å². The molecule has 2 rings (SSSR count). The molecule has 0 saturated heterocycles. The predicted octanol–water partition coefficient (Wildman–Crippen LogP) is 4.52. The van der Waals surface area contributed by atoms with E-state index in [9.17, 15) is 18.4 Å². The van der Waals surface area contributed by atoms with Gasteiger partial charge in [-0.3, -0.25) is 4.79 Å². The second-order valence-corrected chi connectivity index (χ2v) is 5.97. The van der Waals surface area contributed by atoms with Crippen LogP contribution in [0.5, 0.6) is 5.75 Å². The van der Waals surface area contributed by atoms with Crippen molar-refractivity contribution in [3.8, 4) is 5.75 Å². The van der Waals surface area contributed by atoms with Gasteiger partial charge in [-0.1, -0.05) is 30.3 Å². The van der Waals surface area contributed by atoms with Crippen LogP contribution >= 0.6 is 11.6 Å². The third-order valence-corrected chi connectivity index (χ3v) is 4.12. The largest absolute Gasteiger partial charge is 0.496 e. The molecule has 0 unspecified atom stereocenters. The third-order valence-electron chi connectivity index (χ3n) is 3.82. The first-order valence-corrected chi connectivity index (χ1v) is 8.37. The minimum atomic E-state index is -0.930. The number of rotatable bonds is 7. The normalized spacial score (nSPS) is 10.4. The van der Waals surface area contributed by atoms with Gasteiger partial charge in [-0.05, 0) is 30.2 Å². The molecule has 0 aliphatic carbocycles. The molecule has 2 aromatic rings. The Labute approximate surface area is 160 Å². The average molecular weight is 395 g/mol. The number of halogens is 3. The highest BCUT2D eigenvalue weighted by molar-refractivity contribution is 6.30. The van der Waals surface area contributed by atoms with Crippen molar-refractivity contribution in [2.24, 2.45) is 0 Å². The van der Waals surface area contributed by atoms with Crippen LogP contribution in [-0.2, 0) is 16.0 Å². The summed E-state index contributed by atoms with van der Waals surface area (Å²) in [7, 11) is 1.33. The van der Waals surface area contributed by atoms with E-state index in [1.54, 1.807) is 13.0 Å². The lowest BCUT2D eigenvalue weighted by atomic mass is 9.97. The summed E-state index contributed by atoms with van der Waals surface area (Å²) in [5, 5.41) is -0.0550. The fourth-order valence-electron chi connectivity index (χ4n) is 2.47. The van der Waals surface area contributed by atoms with Crippen molar-refractivity contribution in [1.82, 2.24) is 0 Å². The zero-order chi connectivity index (χ0) is 20.1. The van der Waals surface area contributed by atoms with Crippen molar-refractivity contribution in [1.29, 1.82) is 0 Å². The van der Waals surface area contributed by atoms with Gasteiger partial charge in [0.05, 0.1) is 24.3 Å². The lowest BCUT2D eigenvalue weighted by Gasteiger charge is -2.13. The van der Waals surface area contributed by atoms with Crippen LogP contribution in [0.4, 0.5) is 8.78 Å². The molecule has 0 radical (unpaired) electrons. The first-order chi connectivity index (χ1) is 12.8. The smallest absolute Gasteiger partial charge is 0.341 e. The minimum absolute atomic E-state index is 0.00199. The molecule has 0 N–H and O–H groups in total. The van der Waals surface area contributed by atoms with Crippen molar-refractivity contribution in [3.05, 3.63) is 75.8 Å². The van der Waals surface area contributed by atoms with Crippen LogP contribution in [0.2, 0.25) is 5.02 Å². The molecule has 0 fully saturated rings. The number of esters is 1. The summed E-state index contributed by atoms with van der Waals surface area (Å²) in [5.74, 6) is -3.22. The van der Waals surface area contributed by atoms with Gasteiger partial charge in [0, 0.05) is 12.5 Å². The van der Waals surface area contributed by atoms with Gasteiger partial charge < -0.3 is 9.47 Å². The zero-order valence-electron chi connectivity index (χ0n) is 14.8. The molecule has 0 amide bonds. The maximum absolute atomic E-state index is 14.4. The molecule has 7 heteroatoms. The molecule has 0 aromatic heterocycles. The molecule has 0 spiro atoms. The SMILES string of the molecule is C=C(C(=O)OCC)C(=O)c1cc(Cc2cccc(Cl)c2F)c(OC)cc1F. The van der Waals surface area contributed by atoms with Gasteiger partial charge in [0.15, 0.2) is 0 Å². The van der Waals surface area contributed by atoms with E-state index in [-0.39, 0.29) is 34.9 Å². The fraction of sp³-hybridized carbons (Fsp3) is 0.200. The van der Waals surface area contributed by atoms with Crippen molar-refractivity contribution >= 4 is 23.4 Å². The quantitative estimate of drug-likeness (QED) is 0.228. The summed E-state index contributed by atoms with van der Waals surface area (Å²) in [6.07, 6.45) is 0.00199. The number of carbonyl (C=O) groups excluding carboxylic acids is 2. The average Bonchev–Trinajstić information content (AvgIpc) is 2.65. The van der Waals surface area contributed by atoms with Gasteiger partial charge in [-0.15, -0.1) is 0 Å². The molecular formula is C20H17ClF2O4.